The number of carbonyl (C=O) groups is 2. The Kier molecular flexibility index (Phi) is 32.5. The van der Waals surface area contributed by atoms with Gasteiger partial charge in [-0.3, -0.25) is 9.59 Å². The third kappa shape index (κ3) is 28.3. The molecule has 344 valence electrons. The molecule has 0 aliphatic carbocycles. The van der Waals surface area contributed by atoms with Gasteiger partial charge in [-0.25, -0.2) is 0 Å². The van der Waals surface area contributed by atoms with Crippen molar-refractivity contribution in [3.63, 3.8) is 0 Å². The van der Waals surface area contributed by atoms with E-state index < -0.39 is 0 Å². The Hall–Kier alpha value is -1.22. The third-order valence-electron chi connectivity index (χ3n) is 13.2. The molecule has 0 spiro atoms. The molecule has 4 unspecified atom stereocenters. The van der Waals surface area contributed by atoms with E-state index in [2.05, 4.69) is 72.2 Å². The monoisotopic (exact) mass is 823 g/mol. The second-order valence-corrected chi connectivity index (χ2v) is 20.0. The molecule has 0 aromatic carbocycles. The largest absolute Gasteiger partial charge is 0.483 e. The number of ether oxygens (including phenoxy) is 3. The van der Waals surface area contributed by atoms with Gasteiger partial charge in [-0.1, -0.05) is 152 Å². The number of nitrogens with zero attached hydrogens (tertiary/aromatic N) is 2. The van der Waals surface area contributed by atoms with E-state index in [0.29, 0.717) is 30.8 Å². The summed E-state index contributed by atoms with van der Waals surface area (Å²) in [7, 11) is 2.23. The highest BCUT2D eigenvalue weighted by atomic mass is 16.7. The number of carboxylic acid groups (broad SMARTS) is 1. The van der Waals surface area contributed by atoms with Crippen LogP contribution in [0.2, 0.25) is 0 Å². The lowest BCUT2D eigenvalue weighted by Gasteiger charge is -2.33. The fourth-order valence-corrected chi connectivity index (χ4v) is 8.74. The average molecular weight is 823 g/mol. The molecule has 0 saturated carbocycles. The number of unbranched alkanes of at least 4 members (excludes halogenated alkanes) is 13. The quantitative estimate of drug-likeness (QED) is 0.0390. The molecule has 2 rings (SSSR count). The van der Waals surface area contributed by atoms with Crippen molar-refractivity contribution in [2.24, 2.45) is 35.5 Å². The first-order chi connectivity index (χ1) is 27.8. The van der Waals surface area contributed by atoms with Gasteiger partial charge >= 0.3 is 5.97 Å². The molecule has 2 saturated heterocycles. The number of esters is 1. The zero-order valence-corrected chi connectivity index (χ0v) is 39.9. The minimum atomic E-state index is -0.362. The zero-order valence-electron chi connectivity index (χ0n) is 39.9. The Labute approximate surface area is 360 Å². The highest BCUT2D eigenvalue weighted by molar-refractivity contribution is 5.69. The smallest absolute Gasteiger partial charge is 0.305 e. The van der Waals surface area contributed by atoms with Crippen LogP contribution in [0.25, 0.3) is 0 Å². The summed E-state index contributed by atoms with van der Waals surface area (Å²) in [6, 6.07) is 0. The number of carbonyl (C=O) groups excluding carboxylic acids is 1. The van der Waals surface area contributed by atoms with Crippen molar-refractivity contribution in [1.82, 2.24) is 9.80 Å². The number of likely N-dealkylation sites (N-methyl/N-ethyl adjacent to an activating group) is 1. The van der Waals surface area contributed by atoms with Crippen LogP contribution in [0.3, 0.4) is 0 Å². The minimum absolute atomic E-state index is 0.00282. The molecule has 0 aromatic rings. The Bertz CT molecular complexity index is 968. The molecule has 2 aliphatic rings. The van der Waals surface area contributed by atoms with E-state index in [-0.39, 0.29) is 24.3 Å². The van der Waals surface area contributed by atoms with Crippen molar-refractivity contribution in [2.75, 3.05) is 53.0 Å². The summed E-state index contributed by atoms with van der Waals surface area (Å²) < 4.78 is 19.2. The minimum Gasteiger partial charge on any atom is -0.483 e. The van der Waals surface area contributed by atoms with E-state index in [9.17, 15) is 4.79 Å². The molecule has 58 heavy (non-hydrogen) atoms. The van der Waals surface area contributed by atoms with Gasteiger partial charge in [0.1, 0.15) is 0 Å². The lowest BCUT2D eigenvalue weighted by Crippen LogP contribution is -2.45. The Morgan fingerprint density at radius 1 is 0.672 bits per heavy atom. The van der Waals surface area contributed by atoms with E-state index in [0.717, 1.165) is 69.4 Å². The van der Waals surface area contributed by atoms with Crippen LogP contribution in [0.15, 0.2) is 0 Å². The van der Waals surface area contributed by atoms with Gasteiger partial charge in [0.05, 0.1) is 19.3 Å². The topological polar surface area (TPSA) is 88.5 Å². The van der Waals surface area contributed by atoms with E-state index in [1.54, 1.807) is 0 Å². The lowest BCUT2D eigenvalue weighted by molar-refractivity contribution is -0.180. The summed E-state index contributed by atoms with van der Waals surface area (Å²) in [6.07, 6.45) is 29.7. The fourth-order valence-electron chi connectivity index (χ4n) is 8.74. The fraction of sp³-hybridized carbons (Fsp3) is 0.960. The van der Waals surface area contributed by atoms with E-state index in [1.165, 1.54) is 135 Å². The van der Waals surface area contributed by atoms with Crippen LogP contribution >= 0.6 is 0 Å². The SMILES string of the molecule is CC(C)CCC(CCCCCCCCCCC1(CCCCCCCCCC(=O)OCC(CCC(C)C)C(C)C)OCC(CCN2CCN(C)CC2)O1)C(C)C.O=CO. The number of piperazine rings is 1. The number of rotatable bonds is 34. The normalized spacial score (nSPS) is 20.2. The van der Waals surface area contributed by atoms with E-state index in [1.807, 2.05) is 0 Å². The molecule has 8 heteroatoms. The summed E-state index contributed by atoms with van der Waals surface area (Å²) in [5, 5.41) is 6.89. The van der Waals surface area contributed by atoms with Crippen LogP contribution in [-0.4, -0.2) is 92.2 Å². The maximum Gasteiger partial charge on any atom is 0.305 e. The van der Waals surface area contributed by atoms with Gasteiger partial charge < -0.3 is 29.1 Å². The second kappa shape index (κ2) is 34.4. The van der Waals surface area contributed by atoms with Crippen LogP contribution < -0.4 is 0 Å². The zero-order chi connectivity index (χ0) is 43.0. The molecule has 0 amide bonds. The van der Waals surface area contributed by atoms with Crippen molar-refractivity contribution in [1.29, 1.82) is 0 Å². The molecule has 2 heterocycles. The van der Waals surface area contributed by atoms with Crippen molar-refractivity contribution >= 4 is 12.4 Å². The predicted octanol–water partition coefficient (Wildman–Crippen LogP) is 12.8. The van der Waals surface area contributed by atoms with Crippen molar-refractivity contribution in [3.05, 3.63) is 0 Å². The van der Waals surface area contributed by atoms with Crippen LogP contribution in [0.1, 0.15) is 209 Å². The molecule has 4 atom stereocenters. The van der Waals surface area contributed by atoms with Gasteiger partial charge in [0, 0.05) is 52.0 Å². The lowest BCUT2D eigenvalue weighted by atomic mass is 9.84. The molecule has 2 fully saturated rings. The summed E-state index contributed by atoms with van der Waals surface area (Å²) in [4.78, 5) is 25.8. The third-order valence-corrected chi connectivity index (χ3v) is 13.2. The molecule has 2 aliphatic heterocycles. The summed E-state index contributed by atoms with van der Waals surface area (Å²) in [5.74, 6) is 3.96. The van der Waals surface area contributed by atoms with Crippen molar-refractivity contribution in [2.45, 2.75) is 221 Å². The molecular weight excluding hydrogens is 725 g/mol. The Morgan fingerprint density at radius 3 is 1.64 bits per heavy atom. The van der Waals surface area contributed by atoms with Gasteiger partial charge in [0.2, 0.25) is 0 Å². The molecule has 8 nitrogen and oxygen atoms in total. The van der Waals surface area contributed by atoms with E-state index in [4.69, 9.17) is 24.1 Å². The maximum atomic E-state index is 12.4. The average Bonchev–Trinajstić information content (AvgIpc) is 3.58. The Morgan fingerprint density at radius 2 is 1.14 bits per heavy atom. The standard InChI is InChI=1S/C49H96N2O4.CH2O2/c1-41(2)27-29-45(43(5)6)25-21-17-13-10-11-15-19-23-32-49(54-40-47(55-49)31-34-51-37-35-50(9)36-38-51)33-24-20-16-12-14-18-22-26-48(52)53-39-46(44(7)8)30-28-42(3)4;2-1-3/h41-47H,10-40H2,1-9H3;1H,(H,2,3). The molecule has 0 radical (unpaired) electrons. The Balaban J connectivity index is 0.00000542. The first-order valence-electron chi connectivity index (χ1n) is 24.8. The van der Waals surface area contributed by atoms with E-state index >= 15 is 0 Å². The first-order valence-corrected chi connectivity index (χ1v) is 24.8. The summed E-state index contributed by atoms with van der Waals surface area (Å²) in [6.45, 7) is 25.6. The van der Waals surface area contributed by atoms with Crippen LogP contribution in [0.4, 0.5) is 0 Å². The van der Waals surface area contributed by atoms with Gasteiger partial charge in [-0.05, 0) is 81.1 Å². The number of hydrogen-bond acceptors (Lipinski definition) is 7. The van der Waals surface area contributed by atoms with Crippen LogP contribution in [0, 0.1) is 35.5 Å². The summed E-state index contributed by atoms with van der Waals surface area (Å²) >= 11 is 0. The van der Waals surface area contributed by atoms with Gasteiger partial charge in [-0.2, -0.15) is 0 Å². The van der Waals surface area contributed by atoms with Crippen LogP contribution in [-0.2, 0) is 23.8 Å². The molecule has 1 N–H and O–H groups in total. The summed E-state index contributed by atoms with van der Waals surface area (Å²) in [5.41, 5.74) is 0. The predicted molar refractivity (Wildman–Crippen MR) is 244 cm³/mol. The maximum absolute atomic E-state index is 12.4. The highest BCUT2D eigenvalue weighted by Gasteiger charge is 2.40. The molecular formula is C50H98N2O6. The second-order valence-electron chi connectivity index (χ2n) is 20.0. The molecule has 0 bridgehead atoms. The molecule has 0 aromatic heterocycles. The first kappa shape index (κ1) is 54.8. The number of hydrogen-bond donors (Lipinski definition) is 1. The van der Waals surface area contributed by atoms with Gasteiger partial charge in [0.25, 0.3) is 6.47 Å². The van der Waals surface area contributed by atoms with Gasteiger partial charge in [0.15, 0.2) is 5.79 Å². The van der Waals surface area contributed by atoms with Crippen molar-refractivity contribution < 1.29 is 28.9 Å². The van der Waals surface area contributed by atoms with Crippen molar-refractivity contribution in [3.8, 4) is 0 Å². The van der Waals surface area contributed by atoms with Gasteiger partial charge in [-0.15, -0.1) is 0 Å². The van der Waals surface area contributed by atoms with Crippen LogP contribution in [0.5, 0.6) is 0 Å². The highest BCUT2D eigenvalue weighted by Crippen LogP contribution is 2.36.